The first-order valence-corrected chi connectivity index (χ1v) is 10.4. The molecule has 2 aromatic carbocycles. The van der Waals surface area contributed by atoms with E-state index < -0.39 is 18.0 Å². The van der Waals surface area contributed by atoms with Crippen LogP contribution in [0, 0.1) is 0 Å². The smallest absolute Gasteiger partial charge is 0.358 e. The molecule has 0 aliphatic rings. The highest BCUT2D eigenvalue weighted by molar-refractivity contribution is 7.20. The molecule has 1 atom stereocenters. The Morgan fingerprint density at radius 1 is 1.04 bits per heavy atom. The van der Waals surface area contributed by atoms with Crippen molar-refractivity contribution in [1.29, 1.82) is 0 Å². The number of nitrogens with zero attached hydrogens (tertiary/aromatic N) is 1. The van der Waals surface area contributed by atoms with Crippen LogP contribution in [0.25, 0.3) is 20.7 Å². The summed E-state index contributed by atoms with van der Waals surface area (Å²) in [5.74, 6) is -1.00. The number of carbonyl (C=O) groups excluding carboxylic acids is 2. The maximum absolute atomic E-state index is 12.5. The average molecular weight is 409 g/mol. The van der Waals surface area contributed by atoms with Gasteiger partial charge in [-0.15, -0.1) is 22.7 Å². The van der Waals surface area contributed by atoms with Crippen LogP contribution in [0.15, 0.2) is 65.4 Å². The fourth-order valence-electron chi connectivity index (χ4n) is 2.72. The monoisotopic (exact) mass is 408 g/mol. The molecule has 4 rings (SSSR count). The number of ether oxygens (including phenoxy) is 1. The first-order chi connectivity index (χ1) is 13.6. The normalized spacial score (nSPS) is 11.9. The van der Waals surface area contributed by atoms with Gasteiger partial charge in [0.15, 0.2) is 11.8 Å². The number of amides is 1. The zero-order valence-electron chi connectivity index (χ0n) is 14.9. The molecule has 140 valence electrons. The molecule has 0 fully saturated rings. The molecule has 5 nitrogen and oxygen atoms in total. The molecule has 28 heavy (non-hydrogen) atoms. The molecule has 0 radical (unpaired) electrons. The van der Waals surface area contributed by atoms with E-state index in [1.807, 2.05) is 60.0 Å². The van der Waals surface area contributed by atoms with E-state index in [-0.39, 0.29) is 5.69 Å². The summed E-state index contributed by atoms with van der Waals surface area (Å²) in [4.78, 5) is 30.2. The average Bonchev–Trinajstić information content (AvgIpc) is 3.40. The first-order valence-electron chi connectivity index (χ1n) is 8.61. The van der Waals surface area contributed by atoms with Crippen LogP contribution >= 0.6 is 22.7 Å². The van der Waals surface area contributed by atoms with Gasteiger partial charge in [0.2, 0.25) is 0 Å². The molecular weight excluding hydrogens is 392 g/mol. The molecule has 0 saturated carbocycles. The lowest BCUT2D eigenvalue weighted by Crippen LogP contribution is -2.30. The van der Waals surface area contributed by atoms with Crippen molar-refractivity contribution in [2.45, 2.75) is 13.0 Å². The highest BCUT2D eigenvalue weighted by atomic mass is 32.1. The number of esters is 1. The van der Waals surface area contributed by atoms with E-state index in [0.29, 0.717) is 5.69 Å². The second-order valence-corrected chi connectivity index (χ2v) is 7.88. The van der Waals surface area contributed by atoms with E-state index >= 15 is 0 Å². The van der Waals surface area contributed by atoms with Gasteiger partial charge < -0.3 is 10.1 Å². The number of anilines is 1. The van der Waals surface area contributed by atoms with E-state index in [1.165, 1.54) is 11.3 Å². The number of thiazole rings is 1. The zero-order chi connectivity index (χ0) is 19.5. The number of hydrogen-bond donors (Lipinski definition) is 1. The number of fused-ring (bicyclic) bond motifs is 1. The number of benzene rings is 2. The lowest BCUT2D eigenvalue weighted by Gasteiger charge is -2.14. The molecule has 0 unspecified atom stereocenters. The minimum Gasteiger partial charge on any atom is -0.448 e. The second-order valence-electron chi connectivity index (χ2n) is 6.08. The number of carbonyl (C=O) groups is 2. The van der Waals surface area contributed by atoms with Crippen LogP contribution in [0.1, 0.15) is 17.4 Å². The highest BCUT2D eigenvalue weighted by Gasteiger charge is 2.21. The molecule has 2 aromatic heterocycles. The Balaban J connectivity index is 1.43. The lowest BCUT2D eigenvalue weighted by atomic mass is 10.1. The summed E-state index contributed by atoms with van der Waals surface area (Å²) in [6, 6.07) is 17.3. The molecule has 1 amide bonds. The van der Waals surface area contributed by atoms with Crippen molar-refractivity contribution in [3.8, 4) is 9.88 Å². The van der Waals surface area contributed by atoms with Gasteiger partial charge in [-0.05, 0) is 29.8 Å². The molecule has 0 saturated heterocycles. The maximum Gasteiger partial charge on any atom is 0.358 e. The minimum atomic E-state index is -0.946. The summed E-state index contributed by atoms with van der Waals surface area (Å²) in [7, 11) is 0. The van der Waals surface area contributed by atoms with Gasteiger partial charge in [0.05, 0.1) is 4.88 Å². The number of aromatic nitrogens is 1. The van der Waals surface area contributed by atoms with Crippen LogP contribution in [0.4, 0.5) is 5.69 Å². The summed E-state index contributed by atoms with van der Waals surface area (Å²) >= 11 is 2.93. The Bertz CT molecular complexity index is 1130. The van der Waals surface area contributed by atoms with Gasteiger partial charge in [-0.3, -0.25) is 4.79 Å². The van der Waals surface area contributed by atoms with Crippen molar-refractivity contribution in [2.75, 3.05) is 5.32 Å². The predicted molar refractivity (Wildman–Crippen MR) is 113 cm³/mol. The number of thiophene rings is 1. The molecule has 0 aliphatic heterocycles. The first kappa shape index (κ1) is 18.3. The second kappa shape index (κ2) is 7.92. The van der Waals surface area contributed by atoms with Gasteiger partial charge in [0.25, 0.3) is 5.91 Å². The topological polar surface area (TPSA) is 68.3 Å². The third kappa shape index (κ3) is 3.81. The SMILES string of the molecule is C[C@H](OC(=O)c1csc(-c2cccs2)n1)C(=O)Nc1cccc2ccccc12. The van der Waals surface area contributed by atoms with E-state index in [2.05, 4.69) is 10.3 Å². The molecular formula is C21H16N2O3S2. The molecule has 1 N–H and O–H groups in total. The predicted octanol–water partition coefficient (Wildman–Crippen LogP) is 5.21. The summed E-state index contributed by atoms with van der Waals surface area (Å²) in [5.41, 5.74) is 0.887. The van der Waals surface area contributed by atoms with E-state index in [0.717, 1.165) is 20.7 Å². The van der Waals surface area contributed by atoms with Gasteiger partial charge in [-0.2, -0.15) is 0 Å². The summed E-state index contributed by atoms with van der Waals surface area (Å²) < 4.78 is 5.31. The Labute approximate surface area is 169 Å². The van der Waals surface area contributed by atoms with E-state index in [4.69, 9.17) is 4.74 Å². The molecule has 2 heterocycles. The van der Waals surface area contributed by atoms with Gasteiger partial charge in [0, 0.05) is 16.5 Å². The molecule has 7 heteroatoms. The Hall–Kier alpha value is -3.03. The summed E-state index contributed by atoms with van der Waals surface area (Å²) in [6.07, 6.45) is -0.946. The Kier molecular flexibility index (Phi) is 5.18. The van der Waals surface area contributed by atoms with Crippen LogP contribution in [0.5, 0.6) is 0 Å². The standard InChI is InChI=1S/C21H16N2O3S2/c1-13(19(24)22-16-9-4-7-14-6-2-3-8-15(14)16)26-21(25)17-12-28-20(23-17)18-10-5-11-27-18/h2-13H,1H3,(H,22,24)/t13-/m0/s1. The van der Waals surface area contributed by atoms with Gasteiger partial charge in [-0.25, -0.2) is 9.78 Å². The molecule has 0 bridgehead atoms. The van der Waals surface area contributed by atoms with Crippen LogP contribution in [0.3, 0.4) is 0 Å². The van der Waals surface area contributed by atoms with Crippen LogP contribution in [0.2, 0.25) is 0 Å². The van der Waals surface area contributed by atoms with Gasteiger partial charge in [0.1, 0.15) is 5.01 Å². The summed E-state index contributed by atoms with van der Waals surface area (Å²) in [5, 5.41) is 9.14. The number of hydrogen-bond acceptors (Lipinski definition) is 6. The van der Waals surface area contributed by atoms with E-state index in [1.54, 1.807) is 23.6 Å². The highest BCUT2D eigenvalue weighted by Crippen LogP contribution is 2.28. The molecule has 0 aliphatic carbocycles. The van der Waals surface area contributed by atoms with Crippen molar-refractivity contribution in [3.05, 3.63) is 71.1 Å². The minimum absolute atomic E-state index is 0.207. The largest absolute Gasteiger partial charge is 0.448 e. The fraction of sp³-hybridized carbons (Fsp3) is 0.0952. The number of rotatable bonds is 5. The van der Waals surface area contributed by atoms with Crippen molar-refractivity contribution >= 4 is 51.0 Å². The maximum atomic E-state index is 12.5. The third-order valence-electron chi connectivity index (χ3n) is 4.15. The van der Waals surface area contributed by atoms with Crippen LogP contribution in [-0.2, 0) is 9.53 Å². The Morgan fingerprint density at radius 2 is 1.86 bits per heavy atom. The van der Waals surface area contributed by atoms with Crippen molar-refractivity contribution < 1.29 is 14.3 Å². The van der Waals surface area contributed by atoms with E-state index in [9.17, 15) is 9.59 Å². The molecule has 4 aromatic rings. The zero-order valence-corrected chi connectivity index (χ0v) is 16.5. The van der Waals surface area contributed by atoms with Crippen LogP contribution < -0.4 is 5.32 Å². The molecule has 0 spiro atoms. The van der Waals surface area contributed by atoms with Crippen molar-refractivity contribution in [3.63, 3.8) is 0 Å². The van der Waals surface area contributed by atoms with Gasteiger partial charge >= 0.3 is 5.97 Å². The summed E-state index contributed by atoms with van der Waals surface area (Å²) in [6.45, 7) is 1.55. The van der Waals surface area contributed by atoms with Gasteiger partial charge in [-0.1, -0.05) is 42.5 Å². The third-order valence-corrected chi connectivity index (χ3v) is 6.03. The quantitative estimate of drug-likeness (QED) is 0.460. The van der Waals surface area contributed by atoms with Crippen molar-refractivity contribution in [2.24, 2.45) is 0 Å². The lowest BCUT2D eigenvalue weighted by molar-refractivity contribution is -0.123. The fourth-order valence-corrected chi connectivity index (χ4v) is 4.33. The Morgan fingerprint density at radius 3 is 2.68 bits per heavy atom. The van der Waals surface area contributed by atoms with Crippen molar-refractivity contribution in [1.82, 2.24) is 4.98 Å². The van der Waals surface area contributed by atoms with Crippen LogP contribution in [-0.4, -0.2) is 23.0 Å². The number of nitrogens with one attached hydrogen (secondary N) is 1.